The fourth-order valence-electron chi connectivity index (χ4n) is 2.82. The van der Waals surface area contributed by atoms with Gasteiger partial charge < -0.3 is 12.6 Å². The first-order valence-electron chi connectivity index (χ1n) is 9.63. The third kappa shape index (κ3) is 7.49. The summed E-state index contributed by atoms with van der Waals surface area (Å²) in [5.74, 6) is 0.175. The van der Waals surface area contributed by atoms with Gasteiger partial charge in [0.2, 0.25) is 0 Å². The molecule has 0 saturated heterocycles. The Morgan fingerprint density at radius 2 is 1.86 bits per heavy atom. The van der Waals surface area contributed by atoms with Crippen molar-refractivity contribution in [2.45, 2.75) is 11.8 Å². The van der Waals surface area contributed by atoms with Gasteiger partial charge in [-0.1, -0.05) is 18.2 Å². The van der Waals surface area contributed by atoms with Gasteiger partial charge in [-0.3, -0.25) is 10.1 Å². The Kier molecular flexibility index (Phi) is 10.7. The van der Waals surface area contributed by atoms with E-state index < -0.39 is 10.0 Å². The number of hydrogen-bond donors (Lipinski definition) is 2. The van der Waals surface area contributed by atoms with Crippen LogP contribution in [0.2, 0.25) is 0 Å². The van der Waals surface area contributed by atoms with Crippen molar-refractivity contribution in [3.05, 3.63) is 76.0 Å². The minimum atomic E-state index is -3.73. The van der Waals surface area contributed by atoms with Crippen molar-refractivity contribution in [3.63, 3.8) is 0 Å². The van der Waals surface area contributed by atoms with Crippen LogP contribution in [0.4, 0.5) is 16.5 Å². The molecule has 1 aliphatic heterocycles. The second kappa shape index (κ2) is 13.5. The number of aromatic nitrogens is 1. The Balaban J connectivity index is 0.00000115. The molecule has 16 heteroatoms. The Bertz CT molecular complexity index is 1390. The number of nitrogens with one attached hydrogen (secondary N) is 2. The van der Waals surface area contributed by atoms with E-state index in [1.807, 2.05) is 30.3 Å². The van der Waals surface area contributed by atoms with Crippen LogP contribution in [0, 0.1) is 5.41 Å². The number of amidine groups is 1. The number of para-hydroxylation sites is 1. The molecule has 0 amide bonds. The first kappa shape index (κ1) is 28.5. The summed E-state index contributed by atoms with van der Waals surface area (Å²) in [7, 11) is 5.80. The molecule has 0 bridgehead atoms. The number of benzene rings is 2. The molecule has 9 nitrogen and oxygen atoms in total. The molecule has 0 fully saturated rings. The van der Waals surface area contributed by atoms with Gasteiger partial charge in [0.15, 0.2) is 11.0 Å². The third-order valence-electron chi connectivity index (χ3n) is 4.35. The van der Waals surface area contributed by atoms with Crippen molar-refractivity contribution in [1.29, 1.82) is 5.41 Å². The van der Waals surface area contributed by atoms with Gasteiger partial charge in [0.05, 0.1) is 22.0 Å². The van der Waals surface area contributed by atoms with Crippen LogP contribution in [-0.4, -0.2) is 24.9 Å². The van der Waals surface area contributed by atoms with E-state index in [4.69, 9.17) is 38.2 Å². The molecule has 0 radical (unpaired) electrons. The zero-order chi connectivity index (χ0) is 26.1. The summed E-state index contributed by atoms with van der Waals surface area (Å²) in [6.45, 7) is 1.79. The van der Waals surface area contributed by atoms with Gasteiger partial charge in [-0.15, -0.1) is 25.2 Å². The molecule has 0 atom stereocenters. The van der Waals surface area contributed by atoms with Crippen LogP contribution >= 0.6 is 43.5 Å². The zero-order valence-corrected chi connectivity index (χ0v) is 24.0. The summed E-state index contributed by atoms with van der Waals surface area (Å²) in [6, 6.07) is 15.3. The number of thiazole rings is 1. The quantitative estimate of drug-likeness (QED) is 0.128. The van der Waals surface area contributed by atoms with Crippen LogP contribution in [0.5, 0.6) is 0 Å². The minimum absolute atomic E-state index is 0.0858. The number of halogens is 2. The SMILES string of the molecule is CC1=NN(c2ccccc2)C(=N)/C1=C(/[S-])SN=Nc1ccc(S(=O)(=O)Nc2nccs2)cc1.[Cl][Fe+][Cl]. The van der Waals surface area contributed by atoms with E-state index in [2.05, 4.69) is 24.4 Å². The fourth-order valence-corrected chi connectivity index (χ4v) is 5.50. The van der Waals surface area contributed by atoms with Gasteiger partial charge >= 0.3 is 33.3 Å². The summed E-state index contributed by atoms with van der Waals surface area (Å²) in [5, 5.41) is 20.4. The van der Waals surface area contributed by atoms with Crippen LogP contribution in [0.25, 0.3) is 0 Å². The summed E-state index contributed by atoms with van der Waals surface area (Å²) in [4.78, 5) is 4.00. The third-order valence-corrected chi connectivity index (χ3v) is 7.48. The number of nitrogens with zero attached hydrogens (tertiary/aromatic N) is 5. The molecule has 2 heterocycles. The molecule has 1 aromatic heterocycles. The van der Waals surface area contributed by atoms with Crippen molar-refractivity contribution in [2.75, 3.05) is 9.73 Å². The fraction of sp³-hybridized carbons (Fsp3) is 0.0500. The van der Waals surface area contributed by atoms with Crippen LogP contribution in [-0.2, 0) is 35.8 Å². The molecule has 36 heavy (non-hydrogen) atoms. The monoisotopic (exact) mass is 640 g/mol. The van der Waals surface area contributed by atoms with Crippen molar-refractivity contribution in [3.8, 4) is 0 Å². The Hall–Kier alpha value is -2.03. The number of hydrazone groups is 1. The molecule has 2 N–H and O–H groups in total. The van der Waals surface area contributed by atoms with E-state index in [-0.39, 0.29) is 23.9 Å². The molecule has 0 spiro atoms. The van der Waals surface area contributed by atoms with E-state index in [0.29, 0.717) is 26.3 Å². The van der Waals surface area contributed by atoms with Gasteiger partial charge in [0.25, 0.3) is 10.0 Å². The molecule has 4 rings (SSSR count). The van der Waals surface area contributed by atoms with Gasteiger partial charge in [0, 0.05) is 29.1 Å². The van der Waals surface area contributed by atoms with Crippen LogP contribution in [0.15, 0.2) is 95.6 Å². The average Bonchev–Trinajstić information content (AvgIpc) is 3.47. The predicted molar refractivity (Wildman–Crippen MR) is 147 cm³/mol. The van der Waals surface area contributed by atoms with Crippen LogP contribution in [0.3, 0.4) is 0 Å². The second-order valence-corrected chi connectivity index (χ2v) is 12.4. The molecule has 0 saturated carbocycles. The molecular weight excluding hydrogens is 625 g/mol. The second-order valence-electron chi connectivity index (χ2n) is 6.60. The number of rotatable bonds is 7. The van der Waals surface area contributed by atoms with E-state index in [9.17, 15) is 8.42 Å². The standard InChI is InChI=1S/C20H17N7O2S4.2ClH.Fe/c1-13-17(18(21)27(24-13)15-5-3-2-4-6-15)19(30)32-26-23-14-7-9-16(10-8-14)33(28,29)25-20-22-11-12-31-20;;;/h2-12,21,30H,1H3,(H,22,25);2*1H;/q;;;+3/p-3/b19-17-,21-18?,26-23?;;;. The number of hydrogen-bond acceptors (Lipinski definition) is 10. The maximum atomic E-state index is 12.4. The Morgan fingerprint density at radius 3 is 2.47 bits per heavy atom. The van der Waals surface area contributed by atoms with Crippen LogP contribution in [0.1, 0.15) is 6.92 Å². The molecule has 0 unspecified atom stereocenters. The van der Waals surface area contributed by atoms with Crippen LogP contribution < -0.4 is 9.73 Å². The first-order valence-corrected chi connectivity index (χ1v) is 16.2. The summed E-state index contributed by atoms with van der Waals surface area (Å²) >= 11 is 7.78. The van der Waals surface area contributed by atoms with Gasteiger partial charge in [0.1, 0.15) is 0 Å². The van der Waals surface area contributed by atoms with E-state index >= 15 is 0 Å². The van der Waals surface area contributed by atoms with E-state index in [0.717, 1.165) is 17.6 Å². The average molecular weight is 641 g/mol. The van der Waals surface area contributed by atoms with Crippen molar-refractivity contribution >= 4 is 94.2 Å². The molecule has 3 aromatic rings. The van der Waals surface area contributed by atoms with Gasteiger partial charge in [-0.25, -0.2) is 18.4 Å². The predicted octanol–water partition coefficient (Wildman–Crippen LogP) is 6.68. The molecule has 189 valence electrons. The number of anilines is 2. The van der Waals surface area contributed by atoms with Crippen molar-refractivity contribution in [2.24, 2.45) is 14.7 Å². The maximum absolute atomic E-state index is 12.4. The van der Waals surface area contributed by atoms with E-state index in [1.54, 1.807) is 12.3 Å². The van der Waals surface area contributed by atoms with E-state index in [1.165, 1.54) is 46.8 Å². The Labute approximate surface area is 236 Å². The van der Waals surface area contributed by atoms with Gasteiger partial charge in [-0.2, -0.15) is 5.10 Å². The summed E-state index contributed by atoms with van der Waals surface area (Å²) < 4.78 is 31.6. The zero-order valence-electron chi connectivity index (χ0n) is 18.1. The molecule has 2 aromatic carbocycles. The van der Waals surface area contributed by atoms with Crippen molar-refractivity contribution in [1.82, 2.24) is 4.98 Å². The molecular formula is C20H16Cl2FeN7O2S4. The molecule has 1 aliphatic rings. The first-order chi connectivity index (χ1) is 17.3. The summed E-state index contributed by atoms with van der Waals surface area (Å²) in [6.07, 6.45) is 1.52. The molecule has 0 aliphatic carbocycles. The topological polar surface area (TPSA) is 123 Å². The van der Waals surface area contributed by atoms with Gasteiger partial charge in [-0.05, 0) is 43.3 Å². The number of sulfonamides is 1. The summed E-state index contributed by atoms with van der Waals surface area (Å²) in [5.41, 5.74) is 2.37. The Morgan fingerprint density at radius 1 is 1.19 bits per heavy atom. The normalized spacial score (nSPS) is 14.9. The van der Waals surface area contributed by atoms with Crippen molar-refractivity contribution < 1.29 is 21.6 Å².